The molecule has 0 aromatic carbocycles. The maximum atomic E-state index is 12.0. The summed E-state index contributed by atoms with van der Waals surface area (Å²) >= 11 is 0. The van der Waals surface area contributed by atoms with Crippen molar-refractivity contribution in [1.82, 2.24) is 15.6 Å². The van der Waals surface area contributed by atoms with Gasteiger partial charge < -0.3 is 15.6 Å². The molecule has 0 saturated carbocycles. The van der Waals surface area contributed by atoms with Gasteiger partial charge in [0.25, 0.3) is 5.91 Å². The van der Waals surface area contributed by atoms with E-state index in [0.717, 1.165) is 11.3 Å². The molecule has 0 aliphatic carbocycles. The Morgan fingerprint density at radius 2 is 1.94 bits per heavy atom. The Hall–Kier alpha value is -1.62. The highest BCUT2D eigenvalue weighted by Crippen LogP contribution is 2.18. The SMILES string of the molecule is CNC(C)CNC(=O)c1[nH]c(C)c(C(C)=O)c1C. The second-order valence-corrected chi connectivity index (χ2v) is 4.58. The van der Waals surface area contributed by atoms with Crippen LogP contribution >= 0.6 is 0 Å². The molecule has 0 spiro atoms. The third kappa shape index (κ3) is 2.98. The van der Waals surface area contributed by atoms with Gasteiger partial charge in [-0.05, 0) is 40.3 Å². The summed E-state index contributed by atoms with van der Waals surface area (Å²) in [5.74, 6) is -0.200. The van der Waals surface area contributed by atoms with Gasteiger partial charge in [-0.3, -0.25) is 9.59 Å². The number of hydrogen-bond donors (Lipinski definition) is 3. The van der Waals surface area contributed by atoms with Crippen LogP contribution in [0.15, 0.2) is 0 Å². The molecule has 1 atom stereocenters. The molecule has 0 fully saturated rings. The van der Waals surface area contributed by atoms with E-state index in [-0.39, 0.29) is 17.7 Å². The first-order chi connectivity index (χ1) is 8.38. The van der Waals surface area contributed by atoms with Crippen LogP contribution in [0.2, 0.25) is 0 Å². The smallest absolute Gasteiger partial charge is 0.268 e. The van der Waals surface area contributed by atoms with Crippen molar-refractivity contribution in [3.05, 3.63) is 22.5 Å². The Morgan fingerprint density at radius 3 is 2.39 bits per heavy atom. The number of ketones is 1. The molecule has 0 aliphatic heterocycles. The van der Waals surface area contributed by atoms with Crippen LogP contribution < -0.4 is 10.6 Å². The monoisotopic (exact) mass is 251 g/mol. The summed E-state index contributed by atoms with van der Waals surface area (Å²) in [4.78, 5) is 26.4. The molecule has 1 aromatic rings. The average molecular weight is 251 g/mol. The minimum Gasteiger partial charge on any atom is -0.354 e. The fourth-order valence-electron chi connectivity index (χ4n) is 1.94. The molecule has 0 saturated heterocycles. The molecular formula is C13H21N3O2. The van der Waals surface area contributed by atoms with Crippen molar-refractivity contribution >= 4 is 11.7 Å². The second kappa shape index (κ2) is 5.82. The van der Waals surface area contributed by atoms with Crippen LogP contribution in [-0.4, -0.2) is 36.3 Å². The number of aryl methyl sites for hydroxylation is 1. The number of carbonyl (C=O) groups is 2. The van der Waals surface area contributed by atoms with Gasteiger partial charge in [0.15, 0.2) is 5.78 Å². The van der Waals surface area contributed by atoms with Gasteiger partial charge in [0, 0.05) is 23.8 Å². The molecule has 3 N–H and O–H groups in total. The number of amides is 1. The molecular weight excluding hydrogens is 230 g/mol. The largest absolute Gasteiger partial charge is 0.354 e. The molecule has 0 bridgehead atoms. The van der Waals surface area contributed by atoms with Gasteiger partial charge in [-0.1, -0.05) is 0 Å². The van der Waals surface area contributed by atoms with E-state index in [9.17, 15) is 9.59 Å². The van der Waals surface area contributed by atoms with E-state index >= 15 is 0 Å². The summed E-state index contributed by atoms with van der Waals surface area (Å²) in [5, 5.41) is 5.87. The third-order valence-corrected chi connectivity index (χ3v) is 3.08. The lowest BCUT2D eigenvalue weighted by Gasteiger charge is -2.11. The number of aromatic amines is 1. The molecule has 18 heavy (non-hydrogen) atoms. The maximum Gasteiger partial charge on any atom is 0.268 e. The predicted octanol–water partition coefficient (Wildman–Crippen LogP) is 1.17. The van der Waals surface area contributed by atoms with E-state index < -0.39 is 0 Å². The molecule has 1 heterocycles. The van der Waals surface area contributed by atoms with Gasteiger partial charge in [0.2, 0.25) is 0 Å². The molecule has 1 aromatic heterocycles. The van der Waals surface area contributed by atoms with Gasteiger partial charge in [0.1, 0.15) is 5.69 Å². The van der Waals surface area contributed by atoms with Gasteiger partial charge in [0.05, 0.1) is 0 Å². The minimum absolute atomic E-state index is 0.0242. The molecule has 1 rings (SSSR count). The summed E-state index contributed by atoms with van der Waals surface area (Å²) < 4.78 is 0. The van der Waals surface area contributed by atoms with Crippen LogP contribution in [0, 0.1) is 13.8 Å². The Morgan fingerprint density at radius 1 is 1.33 bits per heavy atom. The number of Topliss-reactive ketones (excluding diaryl/α,β-unsaturated/α-hetero) is 1. The maximum absolute atomic E-state index is 12.0. The van der Waals surface area contributed by atoms with Crippen molar-refractivity contribution in [3.63, 3.8) is 0 Å². The van der Waals surface area contributed by atoms with Crippen molar-refractivity contribution in [2.45, 2.75) is 33.7 Å². The molecule has 100 valence electrons. The average Bonchev–Trinajstić information content (AvgIpc) is 2.61. The molecule has 1 unspecified atom stereocenters. The van der Waals surface area contributed by atoms with E-state index in [2.05, 4.69) is 15.6 Å². The van der Waals surface area contributed by atoms with Crippen molar-refractivity contribution in [2.24, 2.45) is 0 Å². The van der Waals surface area contributed by atoms with Gasteiger partial charge in [-0.25, -0.2) is 0 Å². The molecule has 5 heteroatoms. The quantitative estimate of drug-likeness (QED) is 0.688. The lowest BCUT2D eigenvalue weighted by Crippen LogP contribution is -2.37. The van der Waals surface area contributed by atoms with E-state index in [1.807, 2.05) is 14.0 Å². The Labute approximate surface area is 107 Å². The molecule has 5 nitrogen and oxygen atoms in total. The number of likely N-dealkylation sites (N-methyl/N-ethyl adjacent to an activating group) is 1. The molecule has 0 radical (unpaired) electrons. The first-order valence-electron chi connectivity index (χ1n) is 6.04. The van der Waals surface area contributed by atoms with Crippen molar-refractivity contribution in [1.29, 1.82) is 0 Å². The van der Waals surface area contributed by atoms with Crippen LogP contribution in [-0.2, 0) is 0 Å². The Kier molecular flexibility index (Phi) is 4.67. The van der Waals surface area contributed by atoms with Crippen LogP contribution in [0.4, 0.5) is 0 Å². The zero-order chi connectivity index (χ0) is 13.9. The highest BCUT2D eigenvalue weighted by molar-refractivity contribution is 6.02. The third-order valence-electron chi connectivity index (χ3n) is 3.08. The van der Waals surface area contributed by atoms with Crippen LogP contribution in [0.3, 0.4) is 0 Å². The van der Waals surface area contributed by atoms with E-state index in [1.54, 1.807) is 13.8 Å². The normalized spacial score (nSPS) is 12.3. The number of H-pyrrole nitrogens is 1. The zero-order valence-electron chi connectivity index (χ0n) is 11.6. The van der Waals surface area contributed by atoms with Crippen molar-refractivity contribution in [3.8, 4) is 0 Å². The number of aromatic nitrogens is 1. The lowest BCUT2D eigenvalue weighted by atomic mass is 10.1. The summed E-state index contributed by atoms with van der Waals surface area (Å²) in [5.41, 5.74) is 2.55. The summed E-state index contributed by atoms with van der Waals surface area (Å²) in [6.45, 7) is 7.62. The van der Waals surface area contributed by atoms with Crippen molar-refractivity contribution < 1.29 is 9.59 Å². The Balaban J connectivity index is 2.87. The van der Waals surface area contributed by atoms with Gasteiger partial charge in [-0.2, -0.15) is 0 Å². The van der Waals surface area contributed by atoms with Crippen molar-refractivity contribution in [2.75, 3.05) is 13.6 Å². The summed E-state index contributed by atoms with van der Waals surface area (Å²) in [6.07, 6.45) is 0. The highest BCUT2D eigenvalue weighted by atomic mass is 16.2. The van der Waals surface area contributed by atoms with Gasteiger partial charge in [-0.15, -0.1) is 0 Å². The first kappa shape index (κ1) is 14.4. The number of nitrogens with one attached hydrogen (secondary N) is 3. The number of rotatable bonds is 5. The molecule has 0 aliphatic rings. The fourth-order valence-corrected chi connectivity index (χ4v) is 1.94. The van der Waals surface area contributed by atoms with E-state index in [0.29, 0.717) is 17.8 Å². The number of carbonyl (C=O) groups excluding carboxylic acids is 2. The fraction of sp³-hybridized carbons (Fsp3) is 0.538. The number of hydrogen-bond acceptors (Lipinski definition) is 3. The van der Waals surface area contributed by atoms with Gasteiger partial charge >= 0.3 is 0 Å². The zero-order valence-corrected chi connectivity index (χ0v) is 11.6. The minimum atomic E-state index is -0.176. The van der Waals surface area contributed by atoms with Crippen LogP contribution in [0.1, 0.15) is 46.0 Å². The van der Waals surface area contributed by atoms with E-state index in [4.69, 9.17) is 0 Å². The lowest BCUT2D eigenvalue weighted by molar-refractivity contribution is 0.0945. The standard InChI is InChI=1S/C13H21N3O2/c1-7(14-5)6-15-13(18)12-8(2)11(10(4)17)9(3)16-12/h7,14,16H,6H2,1-5H3,(H,15,18). The highest BCUT2D eigenvalue weighted by Gasteiger charge is 2.19. The topological polar surface area (TPSA) is 74.0 Å². The summed E-state index contributed by atoms with van der Waals surface area (Å²) in [7, 11) is 1.84. The Bertz CT molecular complexity index is 463. The summed E-state index contributed by atoms with van der Waals surface area (Å²) in [6, 6.07) is 0.206. The predicted molar refractivity (Wildman–Crippen MR) is 71.1 cm³/mol. The molecule has 1 amide bonds. The van der Waals surface area contributed by atoms with E-state index in [1.165, 1.54) is 6.92 Å². The van der Waals surface area contributed by atoms with Crippen LogP contribution in [0.25, 0.3) is 0 Å². The van der Waals surface area contributed by atoms with Crippen LogP contribution in [0.5, 0.6) is 0 Å². The second-order valence-electron chi connectivity index (χ2n) is 4.58. The first-order valence-corrected chi connectivity index (χ1v) is 6.04.